The van der Waals surface area contributed by atoms with Crippen molar-refractivity contribution in [2.45, 2.75) is 45.6 Å². The first-order valence-electron chi connectivity index (χ1n) is 10.4. The fourth-order valence-corrected chi connectivity index (χ4v) is 4.04. The van der Waals surface area contributed by atoms with Gasteiger partial charge in [0.25, 0.3) is 0 Å². The van der Waals surface area contributed by atoms with E-state index >= 15 is 0 Å². The van der Waals surface area contributed by atoms with Crippen LogP contribution in [0.3, 0.4) is 0 Å². The minimum Gasteiger partial charge on any atom is -0.494 e. The monoisotopic (exact) mass is 391 g/mol. The van der Waals surface area contributed by atoms with Gasteiger partial charge in [-0.15, -0.1) is 0 Å². The first-order valence-corrected chi connectivity index (χ1v) is 10.4. The Labute approximate surface area is 172 Å². The lowest BCUT2D eigenvalue weighted by Gasteiger charge is -2.14. The van der Waals surface area contributed by atoms with Gasteiger partial charge >= 0.3 is 0 Å². The number of aryl methyl sites for hydroxylation is 3. The lowest BCUT2D eigenvalue weighted by Crippen LogP contribution is -2.19. The van der Waals surface area contributed by atoms with Crippen LogP contribution < -0.4 is 4.74 Å². The van der Waals surface area contributed by atoms with E-state index < -0.39 is 0 Å². The number of nitrogens with zero attached hydrogens (tertiary/aromatic N) is 3. The number of hydrogen-bond acceptors (Lipinski definition) is 3. The van der Waals surface area contributed by atoms with Crippen molar-refractivity contribution in [3.8, 4) is 5.75 Å². The highest BCUT2D eigenvalue weighted by atomic mass is 16.5. The average Bonchev–Trinajstić information content (AvgIpc) is 3.24. The second-order valence-electron chi connectivity index (χ2n) is 8.09. The summed E-state index contributed by atoms with van der Waals surface area (Å²) in [6.07, 6.45) is 2.53. The van der Waals surface area contributed by atoms with Crippen LogP contribution in [0.15, 0.2) is 42.5 Å². The lowest BCUT2D eigenvalue weighted by molar-refractivity contribution is -0.126. The van der Waals surface area contributed by atoms with E-state index in [-0.39, 0.29) is 11.8 Å². The van der Waals surface area contributed by atoms with E-state index in [0.717, 1.165) is 48.5 Å². The van der Waals surface area contributed by atoms with E-state index in [1.807, 2.05) is 24.1 Å². The maximum Gasteiger partial charge on any atom is 0.223 e. The predicted octanol–water partition coefficient (Wildman–Crippen LogP) is 4.46. The Morgan fingerprint density at radius 2 is 1.93 bits per heavy atom. The number of benzene rings is 2. The Balaban J connectivity index is 1.41. The minimum atomic E-state index is 0.173. The van der Waals surface area contributed by atoms with Gasteiger partial charge in [0.15, 0.2) is 0 Å². The lowest BCUT2D eigenvalue weighted by atomic mass is 10.1. The van der Waals surface area contributed by atoms with Crippen molar-refractivity contribution < 1.29 is 9.53 Å². The third-order valence-electron chi connectivity index (χ3n) is 5.91. The highest BCUT2D eigenvalue weighted by molar-refractivity contribution is 5.80. The Morgan fingerprint density at radius 3 is 2.69 bits per heavy atom. The fourth-order valence-electron chi connectivity index (χ4n) is 4.04. The third kappa shape index (κ3) is 4.14. The van der Waals surface area contributed by atoms with Crippen LogP contribution in [-0.2, 0) is 11.3 Å². The van der Waals surface area contributed by atoms with Gasteiger partial charge in [-0.25, -0.2) is 4.98 Å². The first-order chi connectivity index (χ1) is 14.0. The van der Waals surface area contributed by atoms with Crippen molar-refractivity contribution in [1.82, 2.24) is 14.5 Å². The maximum absolute atomic E-state index is 12.0. The van der Waals surface area contributed by atoms with Gasteiger partial charge in [0, 0.05) is 32.5 Å². The van der Waals surface area contributed by atoms with Crippen LogP contribution in [0, 0.1) is 13.8 Å². The molecule has 1 aliphatic heterocycles. The van der Waals surface area contributed by atoms with Gasteiger partial charge in [0.2, 0.25) is 5.91 Å². The molecule has 1 unspecified atom stereocenters. The number of fused-ring (bicyclic) bond motifs is 1. The number of aromatic nitrogens is 2. The summed E-state index contributed by atoms with van der Waals surface area (Å²) in [5.74, 6) is 2.36. The first kappa shape index (κ1) is 19.5. The second kappa shape index (κ2) is 8.27. The molecule has 0 aliphatic carbocycles. The number of unbranched alkanes of at least 4 members (excludes halogenated alkanes) is 1. The van der Waals surface area contributed by atoms with Gasteiger partial charge in [-0.3, -0.25) is 4.79 Å². The summed E-state index contributed by atoms with van der Waals surface area (Å²) < 4.78 is 8.24. The van der Waals surface area contributed by atoms with Crippen LogP contribution >= 0.6 is 0 Å². The summed E-state index contributed by atoms with van der Waals surface area (Å²) in [5, 5.41) is 0. The molecule has 1 fully saturated rings. The molecule has 4 rings (SSSR count). The molecule has 1 atom stereocenters. The standard InChI is InChI=1S/C24H29N3O2/c1-17-10-11-20(14-18(17)2)29-13-7-6-12-27-22-9-5-4-8-21(22)25-24(27)19-15-23(28)26(3)16-19/h4-5,8-11,14,19H,6-7,12-13,15-16H2,1-3H3. The molecular weight excluding hydrogens is 362 g/mol. The van der Waals surface area contributed by atoms with E-state index in [1.165, 1.54) is 11.1 Å². The molecule has 2 heterocycles. The largest absolute Gasteiger partial charge is 0.494 e. The quantitative estimate of drug-likeness (QED) is 0.559. The van der Waals surface area contributed by atoms with Gasteiger partial charge in [-0.2, -0.15) is 0 Å². The van der Waals surface area contributed by atoms with Crippen molar-refractivity contribution in [3.63, 3.8) is 0 Å². The molecule has 1 aliphatic rings. The van der Waals surface area contributed by atoms with Crippen LogP contribution in [0.2, 0.25) is 0 Å². The minimum absolute atomic E-state index is 0.173. The summed E-state index contributed by atoms with van der Waals surface area (Å²) in [6.45, 7) is 6.56. The molecule has 152 valence electrons. The summed E-state index contributed by atoms with van der Waals surface area (Å²) in [5.41, 5.74) is 4.71. The highest BCUT2D eigenvalue weighted by Gasteiger charge is 2.31. The molecule has 1 saturated heterocycles. The maximum atomic E-state index is 12.0. The van der Waals surface area contributed by atoms with Gasteiger partial charge in [0.1, 0.15) is 11.6 Å². The number of ether oxygens (including phenoxy) is 1. The number of rotatable bonds is 7. The molecule has 29 heavy (non-hydrogen) atoms. The summed E-state index contributed by atoms with van der Waals surface area (Å²) >= 11 is 0. The van der Waals surface area contributed by atoms with Crippen molar-refractivity contribution in [3.05, 3.63) is 59.4 Å². The van der Waals surface area contributed by atoms with Crippen molar-refractivity contribution in [1.29, 1.82) is 0 Å². The van der Waals surface area contributed by atoms with Gasteiger partial charge < -0.3 is 14.2 Å². The normalized spacial score (nSPS) is 16.7. The Kier molecular flexibility index (Phi) is 5.56. The summed E-state index contributed by atoms with van der Waals surface area (Å²) in [6, 6.07) is 14.5. The Bertz CT molecular complexity index is 1020. The average molecular weight is 392 g/mol. The zero-order chi connectivity index (χ0) is 20.4. The number of carbonyl (C=O) groups is 1. The van der Waals surface area contributed by atoms with Crippen molar-refractivity contribution in [2.24, 2.45) is 0 Å². The molecule has 1 amide bonds. The Morgan fingerprint density at radius 1 is 1.10 bits per heavy atom. The highest BCUT2D eigenvalue weighted by Crippen LogP contribution is 2.30. The molecule has 0 N–H and O–H groups in total. The number of amides is 1. The molecule has 0 bridgehead atoms. The smallest absolute Gasteiger partial charge is 0.223 e. The number of hydrogen-bond donors (Lipinski definition) is 0. The molecule has 5 heteroatoms. The number of likely N-dealkylation sites (N-methyl/N-ethyl adjacent to an activating group) is 1. The van der Waals surface area contributed by atoms with Crippen LogP contribution in [0.25, 0.3) is 11.0 Å². The van der Waals surface area contributed by atoms with Crippen molar-refractivity contribution >= 4 is 16.9 Å². The van der Waals surface area contributed by atoms with E-state index in [0.29, 0.717) is 13.0 Å². The van der Waals surface area contributed by atoms with Crippen LogP contribution in [-0.4, -0.2) is 40.6 Å². The molecule has 2 aromatic carbocycles. The molecule has 0 radical (unpaired) electrons. The van der Waals surface area contributed by atoms with Crippen molar-refractivity contribution in [2.75, 3.05) is 20.2 Å². The molecule has 3 aromatic rings. The molecule has 0 saturated carbocycles. The number of imidazole rings is 1. The molecule has 0 spiro atoms. The predicted molar refractivity (Wildman–Crippen MR) is 115 cm³/mol. The van der Waals surface area contributed by atoms with Crippen LogP contribution in [0.5, 0.6) is 5.75 Å². The number of carbonyl (C=O) groups excluding carboxylic acids is 1. The topological polar surface area (TPSA) is 47.4 Å². The second-order valence-corrected chi connectivity index (χ2v) is 8.09. The zero-order valence-corrected chi connectivity index (χ0v) is 17.5. The molecule has 5 nitrogen and oxygen atoms in total. The van der Waals surface area contributed by atoms with Gasteiger partial charge in [-0.1, -0.05) is 18.2 Å². The van der Waals surface area contributed by atoms with Crippen LogP contribution in [0.1, 0.15) is 42.1 Å². The van der Waals surface area contributed by atoms with Gasteiger partial charge in [0.05, 0.1) is 17.6 Å². The SMILES string of the molecule is Cc1ccc(OCCCCn2c(C3CC(=O)N(C)C3)nc3ccccc32)cc1C. The Hall–Kier alpha value is -2.82. The van der Waals surface area contributed by atoms with E-state index in [1.54, 1.807) is 0 Å². The van der Waals surface area contributed by atoms with Crippen LogP contribution in [0.4, 0.5) is 0 Å². The molecule has 1 aromatic heterocycles. The van der Waals surface area contributed by atoms with E-state index in [4.69, 9.17) is 9.72 Å². The fraction of sp³-hybridized carbons (Fsp3) is 0.417. The summed E-state index contributed by atoms with van der Waals surface area (Å²) in [7, 11) is 1.87. The third-order valence-corrected chi connectivity index (χ3v) is 5.91. The van der Waals surface area contributed by atoms with Gasteiger partial charge in [-0.05, 0) is 62.1 Å². The number of para-hydroxylation sites is 2. The van der Waals surface area contributed by atoms with E-state index in [2.05, 4.69) is 48.7 Å². The zero-order valence-electron chi connectivity index (χ0n) is 17.5. The van der Waals surface area contributed by atoms with E-state index in [9.17, 15) is 4.79 Å². The summed E-state index contributed by atoms with van der Waals surface area (Å²) in [4.78, 5) is 18.7. The molecular formula is C24H29N3O2. The number of likely N-dealkylation sites (tertiary alicyclic amines) is 1.